The molecule has 6 aromatic carbocycles. The number of benzene rings is 6. The molecule has 0 fully saturated rings. The Hall–Kier alpha value is -5.02. The van der Waals surface area contributed by atoms with Crippen LogP contribution < -0.4 is 15.8 Å². The molecule has 0 bridgehead atoms. The number of anilines is 3. The van der Waals surface area contributed by atoms with Crippen molar-refractivity contribution in [2.45, 2.75) is 0 Å². The minimum Gasteiger partial charge on any atom is -0.375 e. The monoisotopic (exact) mass is 494 g/mol. The summed E-state index contributed by atoms with van der Waals surface area (Å²) in [4.78, 5) is 2.45. The molecule has 0 aliphatic carbocycles. The highest BCUT2D eigenvalue weighted by molar-refractivity contribution is 6.90. The standard InChI is InChI=1S/C36H23BN2/c1-3-11-24(12-4-1)25-21-22-33-31(23-25)37-35-28(16-10-20-34(35)38(33)26-13-5-2-6-14-26)30-18-9-17-29-27-15-7-8-19-32(27)39(37)36(29)30/h1-23H. The molecule has 180 valence electrons. The van der Waals surface area contributed by atoms with Crippen molar-refractivity contribution >= 4 is 56.6 Å². The summed E-state index contributed by atoms with van der Waals surface area (Å²) in [6.07, 6.45) is 0. The van der Waals surface area contributed by atoms with E-state index in [4.69, 9.17) is 0 Å². The third-order valence-electron chi connectivity index (χ3n) is 8.56. The van der Waals surface area contributed by atoms with Gasteiger partial charge in [-0.1, -0.05) is 109 Å². The van der Waals surface area contributed by atoms with Crippen molar-refractivity contribution in [1.29, 1.82) is 0 Å². The molecule has 2 aliphatic rings. The Kier molecular flexibility index (Phi) is 4.17. The van der Waals surface area contributed by atoms with Crippen LogP contribution in [0.25, 0.3) is 44.1 Å². The van der Waals surface area contributed by atoms with Crippen molar-refractivity contribution in [3.05, 3.63) is 140 Å². The van der Waals surface area contributed by atoms with Gasteiger partial charge >= 0.3 is 6.85 Å². The molecule has 2 aliphatic heterocycles. The lowest BCUT2D eigenvalue weighted by Crippen LogP contribution is -2.56. The van der Waals surface area contributed by atoms with Gasteiger partial charge in [0.05, 0.1) is 0 Å². The summed E-state index contributed by atoms with van der Waals surface area (Å²) < 4.78 is 2.61. The van der Waals surface area contributed by atoms with Gasteiger partial charge in [0.2, 0.25) is 0 Å². The van der Waals surface area contributed by atoms with Gasteiger partial charge in [-0.2, -0.15) is 0 Å². The van der Waals surface area contributed by atoms with Crippen molar-refractivity contribution in [2.24, 2.45) is 0 Å². The van der Waals surface area contributed by atoms with Crippen LogP contribution in [0, 0.1) is 0 Å². The van der Waals surface area contributed by atoms with E-state index in [9.17, 15) is 0 Å². The molecule has 9 rings (SSSR count). The summed E-state index contributed by atoms with van der Waals surface area (Å²) >= 11 is 0. The molecule has 0 atom stereocenters. The number of hydrogen-bond acceptors (Lipinski definition) is 1. The van der Waals surface area contributed by atoms with Gasteiger partial charge in [-0.3, -0.25) is 0 Å². The van der Waals surface area contributed by atoms with Gasteiger partial charge in [0.1, 0.15) is 0 Å². The second-order valence-corrected chi connectivity index (χ2v) is 10.5. The van der Waals surface area contributed by atoms with Crippen LogP contribution in [0.3, 0.4) is 0 Å². The molecule has 2 nitrogen and oxygen atoms in total. The molecule has 3 heteroatoms. The van der Waals surface area contributed by atoms with E-state index < -0.39 is 0 Å². The van der Waals surface area contributed by atoms with E-state index in [1.54, 1.807) is 0 Å². The van der Waals surface area contributed by atoms with Gasteiger partial charge in [0, 0.05) is 44.4 Å². The summed E-state index contributed by atoms with van der Waals surface area (Å²) in [7, 11) is 0. The summed E-state index contributed by atoms with van der Waals surface area (Å²) in [6.45, 7) is 0.0760. The Morgan fingerprint density at radius 2 is 1.21 bits per heavy atom. The normalized spacial score (nSPS) is 13.0. The highest BCUT2D eigenvalue weighted by Gasteiger charge is 2.42. The van der Waals surface area contributed by atoms with Crippen LogP contribution in [0.5, 0.6) is 0 Å². The Morgan fingerprint density at radius 1 is 0.487 bits per heavy atom. The van der Waals surface area contributed by atoms with E-state index in [1.165, 1.54) is 72.0 Å². The van der Waals surface area contributed by atoms with Crippen LogP contribution in [-0.4, -0.2) is 11.3 Å². The van der Waals surface area contributed by atoms with Gasteiger partial charge in [-0.15, -0.1) is 0 Å². The molecule has 3 heterocycles. The van der Waals surface area contributed by atoms with E-state index in [2.05, 4.69) is 149 Å². The molecule has 0 saturated carbocycles. The SMILES string of the molecule is c1ccc(-c2ccc3c(c2)B2c4c(cccc4N3c3ccccc3)-c3cccc4c5ccccc5n2c34)cc1. The van der Waals surface area contributed by atoms with Crippen molar-refractivity contribution in [3.63, 3.8) is 0 Å². The second kappa shape index (κ2) is 7.75. The Bertz CT molecular complexity index is 2080. The lowest BCUT2D eigenvalue weighted by atomic mass is 9.45. The molecular weight excluding hydrogens is 471 g/mol. The first-order chi connectivity index (χ1) is 19.4. The first kappa shape index (κ1) is 21.0. The zero-order valence-electron chi connectivity index (χ0n) is 21.3. The maximum atomic E-state index is 2.61. The predicted molar refractivity (Wildman–Crippen MR) is 165 cm³/mol. The average molecular weight is 494 g/mol. The molecule has 0 saturated heterocycles. The third kappa shape index (κ3) is 2.77. The molecule has 0 radical (unpaired) electrons. The highest BCUT2D eigenvalue weighted by atomic mass is 15.2. The molecule has 0 amide bonds. The maximum absolute atomic E-state index is 2.61. The van der Waals surface area contributed by atoms with Crippen LogP contribution >= 0.6 is 0 Å². The van der Waals surface area contributed by atoms with E-state index in [1.807, 2.05) is 0 Å². The van der Waals surface area contributed by atoms with Crippen molar-refractivity contribution in [1.82, 2.24) is 4.48 Å². The number of para-hydroxylation sites is 3. The van der Waals surface area contributed by atoms with Gasteiger partial charge in [-0.05, 0) is 57.9 Å². The van der Waals surface area contributed by atoms with Gasteiger partial charge < -0.3 is 9.38 Å². The van der Waals surface area contributed by atoms with Crippen LogP contribution in [0.2, 0.25) is 0 Å². The number of nitrogens with zero attached hydrogens (tertiary/aromatic N) is 2. The molecule has 1 aromatic heterocycles. The predicted octanol–water partition coefficient (Wildman–Crippen LogP) is 7.88. The van der Waals surface area contributed by atoms with Gasteiger partial charge in [-0.25, -0.2) is 0 Å². The largest absolute Gasteiger partial charge is 0.375 e. The number of hydrogen-bond donors (Lipinski definition) is 0. The molecule has 7 aromatic rings. The number of aromatic nitrogens is 1. The molecule has 39 heavy (non-hydrogen) atoms. The fourth-order valence-electron chi connectivity index (χ4n) is 7.00. The second-order valence-electron chi connectivity index (χ2n) is 10.5. The maximum Gasteiger partial charge on any atom is 0.333 e. The summed E-state index contributed by atoms with van der Waals surface area (Å²) in [5.74, 6) is 0. The minimum absolute atomic E-state index is 0.0760. The van der Waals surface area contributed by atoms with Crippen LogP contribution in [-0.2, 0) is 0 Å². The number of rotatable bonds is 2. The Labute approximate surface area is 227 Å². The fourth-order valence-corrected chi connectivity index (χ4v) is 7.00. The number of fused-ring (bicyclic) bond motifs is 7. The van der Waals surface area contributed by atoms with E-state index in [0.29, 0.717) is 0 Å². The molecular formula is C36H23BN2. The van der Waals surface area contributed by atoms with Crippen LogP contribution in [0.4, 0.5) is 17.1 Å². The van der Waals surface area contributed by atoms with E-state index in [0.717, 1.165) is 0 Å². The minimum atomic E-state index is 0.0760. The topological polar surface area (TPSA) is 8.17 Å². The van der Waals surface area contributed by atoms with Crippen LogP contribution in [0.1, 0.15) is 0 Å². The van der Waals surface area contributed by atoms with Gasteiger partial charge in [0.15, 0.2) is 0 Å². The molecule has 0 N–H and O–H groups in total. The van der Waals surface area contributed by atoms with Crippen molar-refractivity contribution in [2.75, 3.05) is 4.90 Å². The third-order valence-corrected chi connectivity index (χ3v) is 8.56. The molecule has 0 spiro atoms. The van der Waals surface area contributed by atoms with E-state index in [-0.39, 0.29) is 6.85 Å². The average Bonchev–Trinajstić information content (AvgIpc) is 3.35. The first-order valence-electron chi connectivity index (χ1n) is 13.6. The first-order valence-corrected chi connectivity index (χ1v) is 13.6. The van der Waals surface area contributed by atoms with E-state index >= 15 is 0 Å². The molecule has 0 unspecified atom stereocenters. The van der Waals surface area contributed by atoms with Crippen LogP contribution in [0.15, 0.2) is 140 Å². The van der Waals surface area contributed by atoms with Gasteiger partial charge in [0.25, 0.3) is 0 Å². The summed E-state index contributed by atoms with van der Waals surface area (Å²) in [6, 6.07) is 51.1. The quantitative estimate of drug-likeness (QED) is 0.222. The zero-order valence-corrected chi connectivity index (χ0v) is 21.3. The lowest BCUT2D eigenvalue weighted by molar-refractivity contribution is 1.25. The van der Waals surface area contributed by atoms with Crippen molar-refractivity contribution in [3.8, 4) is 22.3 Å². The summed E-state index contributed by atoms with van der Waals surface area (Å²) in [5.41, 5.74) is 14.1. The Balaban J connectivity index is 1.45. The smallest absolute Gasteiger partial charge is 0.333 e. The summed E-state index contributed by atoms with van der Waals surface area (Å²) in [5, 5.41) is 2.64. The Morgan fingerprint density at radius 3 is 2.08 bits per heavy atom. The fraction of sp³-hybridized carbons (Fsp3) is 0. The van der Waals surface area contributed by atoms with Crippen molar-refractivity contribution < 1.29 is 0 Å². The zero-order chi connectivity index (χ0) is 25.5. The highest BCUT2D eigenvalue weighted by Crippen LogP contribution is 2.45. The lowest BCUT2D eigenvalue weighted by Gasteiger charge is -2.40.